The summed E-state index contributed by atoms with van der Waals surface area (Å²) >= 11 is 0. The summed E-state index contributed by atoms with van der Waals surface area (Å²) in [6.07, 6.45) is 2.17. The van der Waals surface area contributed by atoms with Crippen molar-refractivity contribution in [1.29, 1.82) is 0 Å². The average Bonchev–Trinajstić information content (AvgIpc) is 2.15. The molecule has 3 nitrogen and oxygen atoms in total. The molecule has 0 aromatic carbocycles. The summed E-state index contributed by atoms with van der Waals surface area (Å²) in [6, 6.07) is 0. The molecule has 0 aromatic rings. The standard InChI is InChI=1S/C12H20O3/c1-5-9(3)12(7-14-8-12)10(4)15-11(13)6-2/h6,9-10H,2,5,7-8H2,1,3-4H3. The highest BCUT2D eigenvalue weighted by molar-refractivity contribution is 5.81. The van der Waals surface area contributed by atoms with Gasteiger partial charge in [-0.1, -0.05) is 26.8 Å². The Morgan fingerprint density at radius 2 is 2.20 bits per heavy atom. The molecule has 0 aliphatic carbocycles. The fourth-order valence-corrected chi connectivity index (χ4v) is 2.00. The Morgan fingerprint density at radius 3 is 2.53 bits per heavy atom. The summed E-state index contributed by atoms with van der Waals surface area (Å²) in [4.78, 5) is 11.1. The normalized spacial score (nSPS) is 22.3. The Balaban J connectivity index is 2.65. The topological polar surface area (TPSA) is 35.5 Å². The monoisotopic (exact) mass is 212 g/mol. The largest absolute Gasteiger partial charge is 0.459 e. The Bertz CT molecular complexity index is 243. The maximum atomic E-state index is 11.1. The maximum absolute atomic E-state index is 11.1. The third-order valence-corrected chi connectivity index (χ3v) is 3.60. The number of ether oxygens (including phenoxy) is 2. The van der Waals surface area contributed by atoms with Crippen molar-refractivity contribution in [2.24, 2.45) is 11.3 Å². The molecule has 0 saturated carbocycles. The third kappa shape index (κ3) is 2.23. The minimum atomic E-state index is -0.350. The van der Waals surface area contributed by atoms with Crippen molar-refractivity contribution < 1.29 is 14.3 Å². The van der Waals surface area contributed by atoms with Gasteiger partial charge in [-0.2, -0.15) is 0 Å². The quantitative estimate of drug-likeness (QED) is 0.517. The van der Waals surface area contributed by atoms with E-state index in [0.717, 1.165) is 6.42 Å². The summed E-state index contributed by atoms with van der Waals surface area (Å²) in [5.74, 6) is 0.149. The number of rotatable bonds is 5. The van der Waals surface area contributed by atoms with E-state index in [9.17, 15) is 4.79 Å². The second-order valence-electron chi connectivity index (χ2n) is 4.32. The van der Waals surface area contributed by atoms with Gasteiger partial charge in [0, 0.05) is 6.08 Å². The zero-order valence-electron chi connectivity index (χ0n) is 9.79. The first-order valence-electron chi connectivity index (χ1n) is 5.47. The Kier molecular flexibility index (Phi) is 3.91. The lowest BCUT2D eigenvalue weighted by Crippen LogP contribution is -2.55. The van der Waals surface area contributed by atoms with Crippen molar-refractivity contribution in [2.45, 2.75) is 33.3 Å². The molecule has 86 valence electrons. The predicted molar refractivity (Wildman–Crippen MR) is 58.5 cm³/mol. The molecule has 1 saturated heterocycles. The van der Waals surface area contributed by atoms with E-state index in [-0.39, 0.29) is 17.5 Å². The molecule has 1 fully saturated rings. The molecule has 0 spiro atoms. The van der Waals surface area contributed by atoms with Crippen molar-refractivity contribution in [1.82, 2.24) is 0 Å². The molecule has 0 bridgehead atoms. The van der Waals surface area contributed by atoms with Crippen molar-refractivity contribution >= 4 is 5.97 Å². The molecule has 0 radical (unpaired) electrons. The summed E-state index contributed by atoms with van der Waals surface area (Å²) in [5.41, 5.74) is 0.00736. The van der Waals surface area contributed by atoms with E-state index in [0.29, 0.717) is 19.1 Å². The van der Waals surface area contributed by atoms with E-state index < -0.39 is 0 Å². The summed E-state index contributed by atoms with van der Waals surface area (Å²) in [6.45, 7) is 11.0. The van der Waals surface area contributed by atoms with Crippen LogP contribution in [0.1, 0.15) is 27.2 Å². The molecule has 0 N–H and O–H groups in total. The van der Waals surface area contributed by atoms with Crippen LogP contribution in [0.15, 0.2) is 12.7 Å². The fraction of sp³-hybridized carbons (Fsp3) is 0.750. The molecule has 0 amide bonds. The van der Waals surface area contributed by atoms with Gasteiger partial charge in [0.15, 0.2) is 0 Å². The van der Waals surface area contributed by atoms with Gasteiger partial charge in [-0.25, -0.2) is 4.79 Å². The van der Waals surface area contributed by atoms with Crippen LogP contribution in [-0.2, 0) is 14.3 Å². The summed E-state index contributed by atoms with van der Waals surface area (Å²) < 4.78 is 10.6. The SMILES string of the molecule is C=CC(=O)OC(C)C1(C(C)CC)COC1. The van der Waals surface area contributed by atoms with Gasteiger partial charge in [0.2, 0.25) is 0 Å². The first kappa shape index (κ1) is 12.2. The molecule has 1 heterocycles. The van der Waals surface area contributed by atoms with Gasteiger partial charge in [0.1, 0.15) is 6.10 Å². The molecule has 2 unspecified atom stereocenters. The van der Waals surface area contributed by atoms with E-state index in [1.807, 2.05) is 6.92 Å². The number of hydrogen-bond acceptors (Lipinski definition) is 3. The highest BCUT2D eigenvalue weighted by atomic mass is 16.6. The van der Waals surface area contributed by atoms with Crippen LogP contribution >= 0.6 is 0 Å². The minimum Gasteiger partial charge on any atom is -0.459 e. The maximum Gasteiger partial charge on any atom is 0.330 e. The molecule has 15 heavy (non-hydrogen) atoms. The van der Waals surface area contributed by atoms with E-state index in [1.165, 1.54) is 6.08 Å². The fourth-order valence-electron chi connectivity index (χ4n) is 2.00. The van der Waals surface area contributed by atoms with Crippen LogP contribution < -0.4 is 0 Å². The van der Waals surface area contributed by atoms with Gasteiger partial charge in [-0.05, 0) is 12.8 Å². The van der Waals surface area contributed by atoms with E-state index >= 15 is 0 Å². The average molecular weight is 212 g/mol. The zero-order chi connectivity index (χ0) is 11.5. The van der Waals surface area contributed by atoms with Crippen LogP contribution in [0.3, 0.4) is 0 Å². The second kappa shape index (κ2) is 4.79. The van der Waals surface area contributed by atoms with Crippen molar-refractivity contribution in [2.75, 3.05) is 13.2 Å². The van der Waals surface area contributed by atoms with Gasteiger partial charge in [-0.15, -0.1) is 0 Å². The second-order valence-corrected chi connectivity index (χ2v) is 4.32. The molecule has 2 atom stereocenters. The van der Waals surface area contributed by atoms with Gasteiger partial charge < -0.3 is 9.47 Å². The van der Waals surface area contributed by atoms with E-state index in [2.05, 4.69) is 20.4 Å². The zero-order valence-corrected chi connectivity index (χ0v) is 9.79. The Hall–Kier alpha value is -0.830. The van der Waals surface area contributed by atoms with Crippen LogP contribution in [0.25, 0.3) is 0 Å². The van der Waals surface area contributed by atoms with Crippen LogP contribution in [0, 0.1) is 11.3 Å². The van der Waals surface area contributed by atoms with Crippen molar-refractivity contribution in [3.05, 3.63) is 12.7 Å². The Labute approximate surface area is 91.4 Å². The molecular weight excluding hydrogens is 192 g/mol. The molecule has 1 rings (SSSR count). The molecule has 1 aliphatic rings. The Morgan fingerprint density at radius 1 is 1.60 bits per heavy atom. The van der Waals surface area contributed by atoms with Gasteiger partial charge in [0.05, 0.1) is 18.6 Å². The molecular formula is C12H20O3. The highest BCUT2D eigenvalue weighted by Gasteiger charge is 2.48. The highest BCUT2D eigenvalue weighted by Crippen LogP contribution is 2.42. The number of carbonyl (C=O) groups excluding carboxylic acids is 1. The van der Waals surface area contributed by atoms with Crippen LogP contribution in [0.4, 0.5) is 0 Å². The van der Waals surface area contributed by atoms with Gasteiger partial charge in [0.25, 0.3) is 0 Å². The lowest BCUT2D eigenvalue weighted by atomic mass is 9.69. The molecule has 3 heteroatoms. The predicted octanol–water partition coefficient (Wildman–Crippen LogP) is 2.17. The third-order valence-electron chi connectivity index (χ3n) is 3.60. The van der Waals surface area contributed by atoms with Gasteiger partial charge in [-0.3, -0.25) is 0 Å². The van der Waals surface area contributed by atoms with Crippen LogP contribution in [-0.4, -0.2) is 25.3 Å². The summed E-state index contributed by atoms with van der Waals surface area (Å²) in [7, 11) is 0. The van der Waals surface area contributed by atoms with Crippen molar-refractivity contribution in [3.8, 4) is 0 Å². The number of esters is 1. The van der Waals surface area contributed by atoms with Crippen LogP contribution in [0.5, 0.6) is 0 Å². The molecule has 1 aliphatic heterocycles. The lowest BCUT2D eigenvalue weighted by Gasteiger charge is -2.49. The van der Waals surface area contributed by atoms with Gasteiger partial charge >= 0.3 is 5.97 Å². The summed E-state index contributed by atoms with van der Waals surface area (Å²) in [5, 5.41) is 0. The smallest absolute Gasteiger partial charge is 0.330 e. The van der Waals surface area contributed by atoms with Crippen molar-refractivity contribution in [3.63, 3.8) is 0 Å². The first-order valence-corrected chi connectivity index (χ1v) is 5.47. The van der Waals surface area contributed by atoms with E-state index in [4.69, 9.17) is 9.47 Å². The lowest BCUT2D eigenvalue weighted by molar-refractivity contribution is -0.207. The van der Waals surface area contributed by atoms with E-state index in [1.54, 1.807) is 0 Å². The number of carbonyl (C=O) groups is 1. The minimum absolute atomic E-state index is 0.00736. The van der Waals surface area contributed by atoms with Crippen LogP contribution in [0.2, 0.25) is 0 Å². The number of hydrogen-bond donors (Lipinski definition) is 0. The molecule has 0 aromatic heterocycles. The first-order chi connectivity index (χ1) is 7.06.